The van der Waals surface area contributed by atoms with E-state index in [1.807, 2.05) is 30.3 Å². The summed E-state index contributed by atoms with van der Waals surface area (Å²) < 4.78 is 0. The van der Waals surface area contributed by atoms with Gasteiger partial charge >= 0.3 is 0 Å². The maximum Gasteiger partial charge on any atom is 0.266 e. The average Bonchev–Trinajstić information content (AvgIpc) is 2.91. The molecule has 1 saturated heterocycles. The molecule has 1 aliphatic heterocycles. The quantitative estimate of drug-likeness (QED) is 0.549. The van der Waals surface area contributed by atoms with Crippen LogP contribution in [-0.2, 0) is 11.2 Å². The molecule has 3 nitrogen and oxygen atoms in total. The van der Waals surface area contributed by atoms with E-state index in [-0.39, 0.29) is 5.91 Å². The minimum absolute atomic E-state index is 0.0112. The summed E-state index contributed by atoms with van der Waals surface area (Å²) >= 11 is 3.12. The molecular weight excluding hydrogens is 348 g/mol. The summed E-state index contributed by atoms with van der Waals surface area (Å²) in [4.78, 5) is 20.6. The van der Waals surface area contributed by atoms with Crippen LogP contribution >= 0.6 is 23.5 Å². The van der Waals surface area contributed by atoms with Crippen molar-refractivity contribution in [3.05, 3.63) is 64.6 Å². The molecule has 1 aliphatic rings. The van der Waals surface area contributed by atoms with Gasteiger partial charge in [0.05, 0.1) is 10.6 Å². The molecule has 0 bridgehead atoms. The molecule has 25 heavy (non-hydrogen) atoms. The number of likely N-dealkylation sites (N-methyl/N-ethyl adjacent to an activating group) is 1. The third-order valence-electron chi connectivity index (χ3n) is 3.99. The maximum absolute atomic E-state index is 12.5. The molecule has 0 saturated carbocycles. The van der Waals surface area contributed by atoms with E-state index in [0.29, 0.717) is 10.1 Å². The SMILES string of the molecule is CCc1ccc(N=C2S/C(=C/c3ccc(SC)cc3)C(=O)N2C)cc1. The number of nitrogens with zero attached hydrogens (tertiary/aromatic N) is 2. The average molecular weight is 369 g/mol. The highest BCUT2D eigenvalue weighted by molar-refractivity contribution is 8.18. The molecule has 0 atom stereocenters. The number of carbonyl (C=O) groups excluding carboxylic acids is 1. The zero-order valence-corrected chi connectivity index (χ0v) is 16.2. The van der Waals surface area contributed by atoms with Gasteiger partial charge in [-0.2, -0.15) is 0 Å². The van der Waals surface area contributed by atoms with Crippen molar-refractivity contribution in [3.8, 4) is 0 Å². The first-order valence-corrected chi connectivity index (χ1v) is 10.1. The summed E-state index contributed by atoms with van der Waals surface area (Å²) in [5.74, 6) is -0.0112. The first-order valence-electron chi connectivity index (χ1n) is 8.10. The lowest BCUT2D eigenvalue weighted by atomic mass is 10.2. The van der Waals surface area contributed by atoms with Gasteiger partial charge in [-0.3, -0.25) is 9.69 Å². The molecule has 3 rings (SSSR count). The molecule has 2 aromatic carbocycles. The number of rotatable bonds is 4. The van der Waals surface area contributed by atoms with Crippen molar-refractivity contribution in [1.29, 1.82) is 0 Å². The fraction of sp³-hybridized carbons (Fsp3) is 0.200. The van der Waals surface area contributed by atoms with Crippen molar-refractivity contribution in [1.82, 2.24) is 4.90 Å². The highest BCUT2D eigenvalue weighted by Crippen LogP contribution is 2.33. The second kappa shape index (κ2) is 7.93. The van der Waals surface area contributed by atoms with E-state index in [1.54, 1.807) is 23.7 Å². The molecule has 0 aromatic heterocycles. The summed E-state index contributed by atoms with van der Waals surface area (Å²) in [5, 5.41) is 0.709. The van der Waals surface area contributed by atoms with Crippen molar-refractivity contribution < 1.29 is 4.79 Å². The molecule has 2 aromatic rings. The first-order chi connectivity index (χ1) is 12.1. The molecule has 128 valence electrons. The van der Waals surface area contributed by atoms with Gasteiger partial charge in [0.25, 0.3) is 5.91 Å². The summed E-state index contributed by atoms with van der Waals surface area (Å²) in [5.41, 5.74) is 3.17. The Morgan fingerprint density at radius 1 is 1.12 bits per heavy atom. The van der Waals surface area contributed by atoms with E-state index < -0.39 is 0 Å². The van der Waals surface area contributed by atoms with E-state index in [1.165, 1.54) is 22.2 Å². The standard InChI is InChI=1S/C20H20N2OS2/c1-4-14-5-9-16(10-6-14)21-20-22(2)19(23)18(25-20)13-15-7-11-17(24-3)12-8-15/h5-13H,4H2,1-3H3/b18-13+,21-20?. The van der Waals surface area contributed by atoms with Gasteiger partial charge in [-0.25, -0.2) is 4.99 Å². The van der Waals surface area contributed by atoms with E-state index in [9.17, 15) is 4.79 Å². The van der Waals surface area contributed by atoms with Crippen LogP contribution < -0.4 is 0 Å². The van der Waals surface area contributed by atoms with Gasteiger partial charge in [0.15, 0.2) is 5.17 Å². The monoisotopic (exact) mass is 368 g/mol. The van der Waals surface area contributed by atoms with E-state index >= 15 is 0 Å². The number of amidine groups is 1. The van der Waals surface area contributed by atoms with Gasteiger partial charge < -0.3 is 0 Å². The number of hydrogen-bond acceptors (Lipinski definition) is 4. The van der Waals surface area contributed by atoms with Crippen LogP contribution in [0.2, 0.25) is 0 Å². The summed E-state index contributed by atoms with van der Waals surface area (Å²) in [6.45, 7) is 2.13. The zero-order chi connectivity index (χ0) is 17.8. The topological polar surface area (TPSA) is 32.7 Å². The molecule has 1 fully saturated rings. The Morgan fingerprint density at radius 2 is 1.80 bits per heavy atom. The molecule has 0 spiro atoms. The second-order valence-electron chi connectivity index (χ2n) is 5.66. The predicted molar refractivity (Wildman–Crippen MR) is 109 cm³/mol. The van der Waals surface area contributed by atoms with Gasteiger partial charge in [0.2, 0.25) is 0 Å². The molecular formula is C20H20N2OS2. The third kappa shape index (κ3) is 4.17. The molecule has 5 heteroatoms. The Bertz CT molecular complexity index is 824. The number of carbonyl (C=O) groups is 1. The zero-order valence-electron chi connectivity index (χ0n) is 14.5. The van der Waals surface area contributed by atoms with Gasteiger partial charge in [-0.15, -0.1) is 11.8 Å². The van der Waals surface area contributed by atoms with Gasteiger partial charge in [0.1, 0.15) is 0 Å². The van der Waals surface area contributed by atoms with Crippen molar-refractivity contribution in [3.63, 3.8) is 0 Å². The number of amides is 1. The van der Waals surface area contributed by atoms with Crippen molar-refractivity contribution in [2.24, 2.45) is 4.99 Å². The molecule has 0 radical (unpaired) electrons. The fourth-order valence-corrected chi connectivity index (χ4v) is 3.81. The van der Waals surface area contributed by atoms with E-state index in [2.05, 4.69) is 42.4 Å². The molecule has 0 aliphatic carbocycles. The second-order valence-corrected chi connectivity index (χ2v) is 7.55. The minimum atomic E-state index is -0.0112. The Kier molecular flexibility index (Phi) is 5.66. The van der Waals surface area contributed by atoms with Crippen LogP contribution in [0, 0.1) is 0 Å². The third-order valence-corrected chi connectivity index (χ3v) is 5.79. The van der Waals surface area contributed by atoms with Crippen LogP contribution in [0.1, 0.15) is 18.1 Å². The van der Waals surface area contributed by atoms with Crippen molar-refractivity contribution in [2.45, 2.75) is 18.2 Å². The van der Waals surface area contributed by atoms with Gasteiger partial charge in [-0.1, -0.05) is 31.2 Å². The Morgan fingerprint density at radius 3 is 2.40 bits per heavy atom. The summed E-state index contributed by atoms with van der Waals surface area (Å²) in [7, 11) is 1.77. The summed E-state index contributed by atoms with van der Waals surface area (Å²) in [6, 6.07) is 16.3. The van der Waals surface area contributed by atoms with E-state index in [0.717, 1.165) is 17.7 Å². The normalized spacial score (nSPS) is 17.7. The molecule has 1 amide bonds. The van der Waals surface area contributed by atoms with Gasteiger partial charge in [0, 0.05) is 11.9 Å². The number of thioether (sulfide) groups is 2. The highest BCUT2D eigenvalue weighted by atomic mass is 32.2. The highest BCUT2D eigenvalue weighted by Gasteiger charge is 2.30. The molecule has 0 N–H and O–H groups in total. The summed E-state index contributed by atoms with van der Waals surface area (Å²) in [6.07, 6.45) is 4.98. The lowest BCUT2D eigenvalue weighted by Crippen LogP contribution is -2.23. The Labute approximate surface area is 157 Å². The van der Waals surface area contributed by atoms with E-state index in [4.69, 9.17) is 0 Å². The lowest BCUT2D eigenvalue weighted by Gasteiger charge is -2.07. The van der Waals surface area contributed by atoms with Gasteiger partial charge in [-0.05, 0) is 65.9 Å². The smallest absolute Gasteiger partial charge is 0.266 e. The Hall–Kier alpha value is -1.98. The van der Waals surface area contributed by atoms with Crippen molar-refractivity contribution >= 4 is 46.4 Å². The first kappa shape index (κ1) is 17.8. The Balaban J connectivity index is 1.83. The van der Waals surface area contributed by atoms with Crippen LogP contribution in [0.4, 0.5) is 5.69 Å². The lowest BCUT2D eigenvalue weighted by molar-refractivity contribution is -0.121. The number of aryl methyl sites for hydroxylation is 1. The number of aliphatic imine (C=N–C) groups is 1. The van der Waals surface area contributed by atoms with Crippen LogP contribution in [0.3, 0.4) is 0 Å². The van der Waals surface area contributed by atoms with Crippen LogP contribution in [0.5, 0.6) is 0 Å². The fourth-order valence-electron chi connectivity index (χ4n) is 2.42. The van der Waals surface area contributed by atoms with Crippen molar-refractivity contribution in [2.75, 3.05) is 13.3 Å². The largest absolute Gasteiger partial charge is 0.290 e. The molecule has 1 heterocycles. The van der Waals surface area contributed by atoms with Crippen LogP contribution in [0.15, 0.2) is 63.3 Å². The maximum atomic E-state index is 12.5. The minimum Gasteiger partial charge on any atom is -0.290 e. The van der Waals surface area contributed by atoms with Crippen LogP contribution in [-0.4, -0.2) is 29.3 Å². The molecule has 0 unspecified atom stereocenters. The van der Waals surface area contributed by atoms with Crippen LogP contribution in [0.25, 0.3) is 6.08 Å². The predicted octanol–water partition coefficient (Wildman–Crippen LogP) is 5.20. The number of hydrogen-bond donors (Lipinski definition) is 0. The number of benzene rings is 2.